The van der Waals surface area contributed by atoms with Crippen molar-refractivity contribution in [2.45, 2.75) is 6.61 Å². The molecule has 0 aliphatic carbocycles. The molecule has 2 aromatic carbocycles. The second-order valence-electron chi connectivity index (χ2n) is 4.14. The van der Waals surface area contributed by atoms with Crippen LogP contribution in [0.4, 0.5) is 11.4 Å². The highest BCUT2D eigenvalue weighted by atomic mass is 16.5. The number of hydrogen-bond acceptors (Lipinski definition) is 3. The van der Waals surface area contributed by atoms with Gasteiger partial charge in [0, 0.05) is 18.5 Å². The number of hydrogen-bond donors (Lipinski definition) is 2. The Bertz CT molecular complexity index is 564. The zero-order valence-corrected chi connectivity index (χ0v) is 10.6. The first-order chi connectivity index (χ1) is 9.19. The van der Waals surface area contributed by atoms with Crippen LogP contribution in [0.15, 0.2) is 48.5 Å². The molecule has 0 amide bonds. The number of methoxy groups -OCH3 is 1. The van der Waals surface area contributed by atoms with E-state index in [4.69, 9.17) is 9.84 Å². The van der Waals surface area contributed by atoms with Crippen molar-refractivity contribution < 1.29 is 14.6 Å². The lowest BCUT2D eigenvalue weighted by atomic mass is 10.2. The van der Waals surface area contributed by atoms with E-state index in [1.165, 1.54) is 0 Å². The van der Waals surface area contributed by atoms with Crippen LogP contribution < -0.4 is 5.32 Å². The van der Waals surface area contributed by atoms with Gasteiger partial charge in [-0.1, -0.05) is 12.1 Å². The molecule has 0 saturated carbocycles. The van der Waals surface area contributed by atoms with Crippen LogP contribution in [0.25, 0.3) is 0 Å². The van der Waals surface area contributed by atoms with Crippen LogP contribution in [0.3, 0.4) is 0 Å². The first-order valence-electron chi connectivity index (χ1n) is 5.87. The number of aromatic carboxylic acids is 1. The number of rotatable bonds is 5. The SMILES string of the molecule is COCc1cccc(Nc2ccc(C(=O)O)cc2)c1. The predicted octanol–water partition coefficient (Wildman–Crippen LogP) is 3.27. The number of ether oxygens (including phenoxy) is 1. The summed E-state index contributed by atoms with van der Waals surface area (Å²) in [6.45, 7) is 0.563. The van der Waals surface area contributed by atoms with Crippen LogP contribution in [-0.4, -0.2) is 18.2 Å². The zero-order valence-electron chi connectivity index (χ0n) is 10.6. The fourth-order valence-electron chi connectivity index (χ4n) is 1.77. The molecule has 2 rings (SSSR count). The van der Waals surface area contributed by atoms with Crippen LogP contribution in [0.2, 0.25) is 0 Å². The Morgan fingerprint density at radius 2 is 1.89 bits per heavy atom. The lowest BCUT2D eigenvalue weighted by molar-refractivity contribution is 0.0697. The van der Waals surface area contributed by atoms with Crippen molar-refractivity contribution in [1.82, 2.24) is 0 Å². The summed E-state index contributed by atoms with van der Waals surface area (Å²) in [7, 11) is 1.66. The van der Waals surface area contributed by atoms with E-state index in [-0.39, 0.29) is 5.56 Å². The van der Waals surface area contributed by atoms with Crippen molar-refractivity contribution in [3.8, 4) is 0 Å². The number of benzene rings is 2. The molecular weight excluding hydrogens is 242 g/mol. The van der Waals surface area contributed by atoms with Gasteiger partial charge < -0.3 is 15.2 Å². The largest absolute Gasteiger partial charge is 0.478 e. The summed E-state index contributed by atoms with van der Waals surface area (Å²) in [4.78, 5) is 10.8. The molecular formula is C15H15NO3. The highest BCUT2D eigenvalue weighted by molar-refractivity contribution is 5.88. The molecule has 4 heteroatoms. The molecule has 0 aliphatic heterocycles. The molecule has 0 bridgehead atoms. The molecule has 0 spiro atoms. The maximum absolute atomic E-state index is 10.8. The quantitative estimate of drug-likeness (QED) is 0.863. The second-order valence-corrected chi connectivity index (χ2v) is 4.14. The molecule has 0 aliphatic rings. The van der Waals surface area contributed by atoms with Gasteiger partial charge in [-0.15, -0.1) is 0 Å². The Labute approximate surface area is 111 Å². The fraction of sp³-hybridized carbons (Fsp3) is 0.133. The van der Waals surface area contributed by atoms with Crippen molar-refractivity contribution in [2.75, 3.05) is 12.4 Å². The maximum atomic E-state index is 10.8. The third kappa shape index (κ3) is 3.56. The normalized spacial score (nSPS) is 10.2. The van der Waals surface area contributed by atoms with Gasteiger partial charge in [-0.3, -0.25) is 0 Å². The van der Waals surface area contributed by atoms with Crippen molar-refractivity contribution >= 4 is 17.3 Å². The zero-order chi connectivity index (χ0) is 13.7. The molecule has 98 valence electrons. The number of nitrogens with one attached hydrogen (secondary N) is 1. The van der Waals surface area contributed by atoms with E-state index in [0.29, 0.717) is 6.61 Å². The van der Waals surface area contributed by atoms with Crippen LogP contribution in [-0.2, 0) is 11.3 Å². The first kappa shape index (κ1) is 13.1. The summed E-state index contributed by atoms with van der Waals surface area (Å²) < 4.78 is 5.08. The molecule has 0 radical (unpaired) electrons. The standard InChI is InChI=1S/C15H15NO3/c1-19-10-11-3-2-4-14(9-11)16-13-7-5-12(6-8-13)15(17)18/h2-9,16H,10H2,1H3,(H,17,18). The summed E-state index contributed by atoms with van der Waals surface area (Å²) in [5.41, 5.74) is 3.14. The monoisotopic (exact) mass is 257 g/mol. The molecule has 19 heavy (non-hydrogen) atoms. The third-order valence-electron chi connectivity index (χ3n) is 2.66. The molecule has 2 N–H and O–H groups in total. The number of carboxylic acid groups (broad SMARTS) is 1. The molecule has 0 atom stereocenters. The van der Waals surface area contributed by atoms with E-state index >= 15 is 0 Å². The lowest BCUT2D eigenvalue weighted by Crippen LogP contribution is -1.97. The van der Waals surface area contributed by atoms with Gasteiger partial charge in [-0.25, -0.2) is 4.79 Å². The van der Waals surface area contributed by atoms with E-state index in [2.05, 4.69) is 5.32 Å². The molecule has 4 nitrogen and oxygen atoms in total. The van der Waals surface area contributed by atoms with Crippen LogP contribution in [0.5, 0.6) is 0 Å². The first-order valence-corrected chi connectivity index (χ1v) is 5.87. The Morgan fingerprint density at radius 1 is 1.16 bits per heavy atom. The highest BCUT2D eigenvalue weighted by Crippen LogP contribution is 2.18. The number of anilines is 2. The summed E-state index contributed by atoms with van der Waals surface area (Å²) >= 11 is 0. The van der Waals surface area contributed by atoms with Gasteiger partial charge in [0.25, 0.3) is 0 Å². The van der Waals surface area contributed by atoms with Crippen LogP contribution in [0, 0.1) is 0 Å². The van der Waals surface area contributed by atoms with Gasteiger partial charge in [0.05, 0.1) is 12.2 Å². The van der Waals surface area contributed by atoms with E-state index in [0.717, 1.165) is 16.9 Å². The minimum Gasteiger partial charge on any atom is -0.478 e. The summed E-state index contributed by atoms with van der Waals surface area (Å²) in [6.07, 6.45) is 0. The van der Waals surface area contributed by atoms with Gasteiger partial charge in [0.15, 0.2) is 0 Å². The Morgan fingerprint density at radius 3 is 2.53 bits per heavy atom. The average Bonchev–Trinajstić information content (AvgIpc) is 2.40. The van der Waals surface area contributed by atoms with Crippen LogP contribution >= 0.6 is 0 Å². The highest BCUT2D eigenvalue weighted by Gasteiger charge is 2.02. The maximum Gasteiger partial charge on any atom is 0.335 e. The molecule has 0 aromatic heterocycles. The summed E-state index contributed by atoms with van der Waals surface area (Å²) in [6, 6.07) is 14.5. The van der Waals surface area contributed by atoms with Crippen molar-refractivity contribution in [3.63, 3.8) is 0 Å². The number of carbonyl (C=O) groups is 1. The van der Waals surface area contributed by atoms with Crippen molar-refractivity contribution in [1.29, 1.82) is 0 Å². The van der Waals surface area contributed by atoms with Gasteiger partial charge in [0.1, 0.15) is 0 Å². The fourth-order valence-corrected chi connectivity index (χ4v) is 1.77. The topological polar surface area (TPSA) is 58.6 Å². The molecule has 2 aromatic rings. The minimum absolute atomic E-state index is 0.277. The smallest absolute Gasteiger partial charge is 0.335 e. The summed E-state index contributed by atoms with van der Waals surface area (Å²) in [5.74, 6) is -0.923. The predicted molar refractivity (Wildman–Crippen MR) is 73.8 cm³/mol. The van der Waals surface area contributed by atoms with E-state index in [9.17, 15) is 4.79 Å². The van der Waals surface area contributed by atoms with Crippen LogP contribution in [0.1, 0.15) is 15.9 Å². The average molecular weight is 257 g/mol. The Balaban J connectivity index is 2.12. The van der Waals surface area contributed by atoms with E-state index < -0.39 is 5.97 Å². The van der Waals surface area contributed by atoms with Gasteiger partial charge in [-0.05, 0) is 42.0 Å². The second kappa shape index (κ2) is 6.02. The Kier molecular flexibility index (Phi) is 4.15. The van der Waals surface area contributed by atoms with Crippen molar-refractivity contribution in [3.05, 3.63) is 59.7 Å². The molecule has 0 fully saturated rings. The van der Waals surface area contributed by atoms with Crippen molar-refractivity contribution in [2.24, 2.45) is 0 Å². The van der Waals surface area contributed by atoms with Gasteiger partial charge in [0.2, 0.25) is 0 Å². The minimum atomic E-state index is -0.923. The van der Waals surface area contributed by atoms with Gasteiger partial charge in [-0.2, -0.15) is 0 Å². The van der Waals surface area contributed by atoms with E-state index in [1.807, 2.05) is 24.3 Å². The van der Waals surface area contributed by atoms with Gasteiger partial charge >= 0.3 is 5.97 Å². The molecule has 0 unspecified atom stereocenters. The Hall–Kier alpha value is -2.33. The summed E-state index contributed by atoms with van der Waals surface area (Å²) in [5, 5.41) is 12.0. The number of carboxylic acids is 1. The lowest BCUT2D eigenvalue weighted by Gasteiger charge is -2.08. The van der Waals surface area contributed by atoms with E-state index in [1.54, 1.807) is 31.4 Å². The molecule has 0 heterocycles. The molecule has 0 saturated heterocycles. The third-order valence-corrected chi connectivity index (χ3v) is 2.66.